The van der Waals surface area contributed by atoms with Crippen molar-refractivity contribution in [3.63, 3.8) is 0 Å². The molecule has 0 saturated heterocycles. The van der Waals surface area contributed by atoms with Gasteiger partial charge in [0.05, 0.1) is 11.3 Å². The Hall–Kier alpha value is -2.58. The molecule has 0 fully saturated rings. The van der Waals surface area contributed by atoms with Crippen LogP contribution in [-0.4, -0.2) is 26.7 Å². The Bertz CT molecular complexity index is 896. The van der Waals surface area contributed by atoms with Gasteiger partial charge in [0, 0.05) is 34.3 Å². The summed E-state index contributed by atoms with van der Waals surface area (Å²) in [6.45, 7) is 1.92. The minimum absolute atomic E-state index is 0.0165. The van der Waals surface area contributed by atoms with Gasteiger partial charge in [-0.25, -0.2) is 0 Å². The Labute approximate surface area is 164 Å². The fourth-order valence-electron chi connectivity index (χ4n) is 3.00. The monoisotopic (exact) mass is 431 g/mol. The second-order valence-electron chi connectivity index (χ2n) is 6.33. The van der Waals surface area contributed by atoms with Crippen LogP contribution in [0.2, 0.25) is 0 Å². The highest BCUT2D eigenvalue weighted by Gasteiger charge is 2.45. The smallest absolute Gasteiger partial charge is 0.269 e. The van der Waals surface area contributed by atoms with Crippen LogP contribution >= 0.6 is 15.9 Å². The standard InChI is InChI=1S/C19H18BrN3O4/c1-2-16-12-19(25,14-5-7-15(20)8-6-14)22(21-16)18(24)11-13-3-9-17(10-4-13)23(26)27/h3-10,25H,2,11-12H2,1H3/t19-/m1/s1. The summed E-state index contributed by atoms with van der Waals surface area (Å²) in [7, 11) is 0. The summed E-state index contributed by atoms with van der Waals surface area (Å²) in [6, 6.07) is 12.9. The third-order valence-corrected chi connectivity index (χ3v) is 5.02. The molecule has 2 aromatic carbocycles. The molecular weight excluding hydrogens is 414 g/mol. The Morgan fingerprint density at radius 2 is 1.89 bits per heavy atom. The Kier molecular flexibility index (Phi) is 5.38. The van der Waals surface area contributed by atoms with Crippen molar-refractivity contribution >= 4 is 33.2 Å². The van der Waals surface area contributed by atoms with E-state index in [1.165, 1.54) is 24.3 Å². The van der Waals surface area contributed by atoms with Crippen LogP contribution in [0.4, 0.5) is 5.69 Å². The number of carbonyl (C=O) groups excluding carboxylic acids is 1. The summed E-state index contributed by atoms with van der Waals surface area (Å²) in [6.07, 6.45) is 0.856. The molecule has 3 rings (SSSR count). The van der Waals surface area contributed by atoms with Crippen molar-refractivity contribution < 1.29 is 14.8 Å². The first kappa shape index (κ1) is 19.2. The number of nitro groups is 1. The fourth-order valence-corrected chi connectivity index (χ4v) is 3.27. The van der Waals surface area contributed by atoms with Crippen LogP contribution in [0.5, 0.6) is 0 Å². The fraction of sp³-hybridized carbons (Fsp3) is 0.263. The molecule has 8 heteroatoms. The van der Waals surface area contributed by atoms with Crippen LogP contribution in [0.15, 0.2) is 58.1 Å². The summed E-state index contributed by atoms with van der Waals surface area (Å²) in [5, 5.41) is 27.5. The third-order valence-electron chi connectivity index (χ3n) is 4.50. The lowest BCUT2D eigenvalue weighted by Crippen LogP contribution is -2.44. The minimum Gasteiger partial charge on any atom is -0.365 e. The van der Waals surface area contributed by atoms with Crippen LogP contribution in [-0.2, 0) is 16.9 Å². The first-order valence-electron chi connectivity index (χ1n) is 8.44. The van der Waals surface area contributed by atoms with Gasteiger partial charge in [-0.1, -0.05) is 47.1 Å². The van der Waals surface area contributed by atoms with Gasteiger partial charge in [-0.2, -0.15) is 10.1 Å². The van der Waals surface area contributed by atoms with E-state index < -0.39 is 10.6 Å². The first-order valence-corrected chi connectivity index (χ1v) is 9.24. The maximum Gasteiger partial charge on any atom is 0.269 e. The number of hydrazone groups is 1. The molecule has 1 heterocycles. The van der Waals surface area contributed by atoms with Gasteiger partial charge >= 0.3 is 0 Å². The molecule has 1 atom stereocenters. The highest BCUT2D eigenvalue weighted by Crippen LogP contribution is 2.37. The molecular formula is C19H18BrN3O4. The highest BCUT2D eigenvalue weighted by atomic mass is 79.9. The summed E-state index contributed by atoms with van der Waals surface area (Å²) in [5.74, 6) is -0.377. The normalized spacial score (nSPS) is 19.1. The van der Waals surface area contributed by atoms with Gasteiger partial charge in [0.1, 0.15) is 0 Å². The second kappa shape index (κ2) is 7.58. The van der Waals surface area contributed by atoms with Crippen molar-refractivity contribution in [2.45, 2.75) is 31.9 Å². The SMILES string of the molecule is CCC1=NN(C(=O)Cc2ccc([N+](=O)[O-])cc2)[C@](O)(c2ccc(Br)cc2)C1. The first-order chi connectivity index (χ1) is 12.8. The molecule has 0 aromatic heterocycles. The quantitative estimate of drug-likeness (QED) is 0.575. The number of halogens is 1. The Balaban J connectivity index is 1.86. The van der Waals surface area contributed by atoms with E-state index in [1.807, 2.05) is 6.92 Å². The van der Waals surface area contributed by atoms with Crippen molar-refractivity contribution in [1.29, 1.82) is 0 Å². The number of aliphatic hydroxyl groups is 1. The number of hydrogen-bond acceptors (Lipinski definition) is 5. The van der Waals surface area contributed by atoms with Crippen molar-refractivity contribution in [3.8, 4) is 0 Å². The maximum atomic E-state index is 12.9. The number of amides is 1. The molecule has 1 amide bonds. The molecule has 1 N–H and O–H groups in total. The predicted molar refractivity (Wildman–Crippen MR) is 104 cm³/mol. The second-order valence-corrected chi connectivity index (χ2v) is 7.24. The lowest BCUT2D eigenvalue weighted by Gasteiger charge is -2.31. The molecule has 7 nitrogen and oxygen atoms in total. The van der Waals surface area contributed by atoms with E-state index in [4.69, 9.17) is 0 Å². The Morgan fingerprint density at radius 3 is 2.44 bits per heavy atom. The molecule has 1 aliphatic heterocycles. The highest BCUT2D eigenvalue weighted by molar-refractivity contribution is 9.10. The number of hydrogen-bond donors (Lipinski definition) is 1. The van der Waals surface area contributed by atoms with Gasteiger partial charge in [0.15, 0.2) is 5.72 Å². The van der Waals surface area contributed by atoms with Gasteiger partial charge < -0.3 is 5.11 Å². The van der Waals surface area contributed by atoms with Gasteiger partial charge in [0.25, 0.3) is 5.69 Å². The zero-order valence-electron chi connectivity index (χ0n) is 14.6. The van der Waals surface area contributed by atoms with Crippen LogP contribution < -0.4 is 0 Å². The number of nitro benzene ring substituents is 1. The largest absolute Gasteiger partial charge is 0.365 e. The van der Waals surface area contributed by atoms with Crippen molar-refractivity contribution in [2.75, 3.05) is 0 Å². The van der Waals surface area contributed by atoms with E-state index >= 15 is 0 Å². The van der Waals surface area contributed by atoms with E-state index in [-0.39, 0.29) is 24.4 Å². The molecule has 1 aliphatic rings. The molecule has 27 heavy (non-hydrogen) atoms. The van der Waals surface area contributed by atoms with Gasteiger partial charge in [-0.15, -0.1) is 0 Å². The van der Waals surface area contributed by atoms with E-state index in [1.54, 1.807) is 24.3 Å². The average molecular weight is 432 g/mol. The van der Waals surface area contributed by atoms with Crippen LogP contribution in [0.25, 0.3) is 0 Å². The number of non-ortho nitro benzene ring substituents is 1. The maximum absolute atomic E-state index is 12.9. The number of rotatable bonds is 5. The average Bonchev–Trinajstić information content (AvgIpc) is 3.01. The summed E-state index contributed by atoms with van der Waals surface area (Å²) < 4.78 is 0.869. The van der Waals surface area contributed by atoms with Crippen molar-refractivity contribution in [3.05, 3.63) is 74.2 Å². The molecule has 0 bridgehead atoms. The lowest BCUT2D eigenvalue weighted by atomic mass is 9.96. The molecule has 0 spiro atoms. The van der Waals surface area contributed by atoms with Crippen LogP contribution in [0, 0.1) is 10.1 Å². The van der Waals surface area contributed by atoms with Crippen molar-refractivity contribution in [2.24, 2.45) is 5.10 Å². The third kappa shape index (κ3) is 3.91. The van der Waals surface area contributed by atoms with Gasteiger partial charge in [-0.3, -0.25) is 14.9 Å². The number of benzene rings is 2. The van der Waals surface area contributed by atoms with Crippen LogP contribution in [0.1, 0.15) is 30.9 Å². The Morgan fingerprint density at radius 1 is 1.26 bits per heavy atom. The van der Waals surface area contributed by atoms with Crippen LogP contribution in [0.3, 0.4) is 0 Å². The predicted octanol–water partition coefficient (Wildman–Crippen LogP) is 3.74. The zero-order chi connectivity index (χ0) is 19.6. The van der Waals surface area contributed by atoms with E-state index in [2.05, 4.69) is 21.0 Å². The molecule has 0 saturated carbocycles. The minimum atomic E-state index is -1.54. The summed E-state index contributed by atoms with van der Waals surface area (Å²) in [4.78, 5) is 23.1. The molecule has 0 unspecified atom stereocenters. The molecule has 140 valence electrons. The summed E-state index contributed by atoms with van der Waals surface area (Å²) >= 11 is 3.36. The van der Waals surface area contributed by atoms with E-state index in [9.17, 15) is 20.0 Å². The topological polar surface area (TPSA) is 96.0 Å². The molecule has 0 radical (unpaired) electrons. The van der Waals surface area contributed by atoms with Gasteiger partial charge in [0.2, 0.25) is 5.91 Å². The number of carbonyl (C=O) groups is 1. The molecule has 0 aliphatic carbocycles. The molecule has 2 aromatic rings. The number of nitrogens with zero attached hydrogens (tertiary/aromatic N) is 3. The van der Waals surface area contributed by atoms with Crippen molar-refractivity contribution in [1.82, 2.24) is 5.01 Å². The van der Waals surface area contributed by atoms with E-state index in [0.29, 0.717) is 17.5 Å². The lowest BCUT2D eigenvalue weighted by molar-refractivity contribution is -0.384. The van der Waals surface area contributed by atoms with Gasteiger partial charge in [-0.05, 0) is 24.1 Å². The zero-order valence-corrected chi connectivity index (χ0v) is 16.2. The van der Waals surface area contributed by atoms with E-state index in [0.717, 1.165) is 15.2 Å². The summed E-state index contributed by atoms with van der Waals surface area (Å²) in [5.41, 5.74) is 0.352.